The predicted octanol–water partition coefficient (Wildman–Crippen LogP) is 1.93. The number of hydrogen-bond donors (Lipinski definition) is 0. The molecule has 0 spiro atoms. The van der Waals surface area contributed by atoms with E-state index in [0.29, 0.717) is 11.9 Å². The second-order valence-corrected chi connectivity index (χ2v) is 5.04. The first-order valence-electron chi connectivity index (χ1n) is 4.97. The van der Waals surface area contributed by atoms with Gasteiger partial charge in [0.15, 0.2) is 0 Å². The molecule has 82 valence electrons. The van der Waals surface area contributed by atoms with Crippen LogP contribution in [-0.2, 0) is 6.54 Å². The molecule has 2 aromatic rings. The van der Waals surface area contributed by atoms with Crippen LogP contribution in [0.15, 0.2) is 17.2 Å². The van der Waals surface area contributed by atoms with Gasteiger partial charge in [-0.3, -0.25) is 9.36 Å². The molecule has 0 fully saturated rings. The lowest BCUT2D eigenvalue weighted by molar-refractivity contribution is 0.561. The van der Waals surface area contributed by atoms with Crippen LogP contribution in [0, 0.1) is 24.2 Å². The van der Waals surface area contributed by atoms with E-state index < -0.39 is 0 Å². The number of nitrogens with zero attached hydrogens (tertiary/aromatic N) is 3. The van der Waals surface area contributed by atoms with Crippen LogP contribution in [-0.4, -0.2) is 9.55 Å². The molecule has 0 saturated carbocycles. The Balaban J connectivity index is 2.53. The van der Waals surface area contributed by atoms with Crippen molar-refractivity contribution >= 4 is 21.6 Å². The van der Waals surface area contributed by atoms with Gasteiger partial charge in [-0.25, -0.2) is 4.98 Å². The van der Waals surface area contributed by atoms with Crippen molar-refractivity contribution in [3.63, 3.8) is 0 Å². The lowest BCUT2D eigenvalue weighted by atomic mass is 10.2. The Morgan fingerprint density at radius 2 is 2.44 bits per heavy atom. The minimum absolute atomic E-state index is 0.0588. The molecule has 0 aliphatic rings. The molecule has 0 saturated heterocycles. The van der Waals surface area contributed by atoms with Crippen LogP contribution in [0.2, 0.25) is 0 Å². The summed E-state index contributed by atoms with van der Waals surface area (Å²) in [5, 5.41) is 9.37. The average Bonchev–Trinajstić information content (AvgIpc) is 2.64. The Morgan fingerprint density at radius 1 is 1.69 bits per heavy atom. The van der Waals surface area contributed by atoms with Crippen LogP contribution in [0.25, 0.3) is 10.2 Å². The van der Waals surface area contributed by atoms with Gasteiger partial charge in [-0.15, -0.1) is 11.3 Å². The minimum atomic E-state index is -0.184. The third-order valence-electron chi connectivity index (χ3n) is 2.33. The monoisotopic (exact) mass is 233 g/mol. The first kappa shape index (κ1) is 10.8. The molecule has 4 nitrogen and oxygen atoms in total. The van der Waals surface area contributed by atoms with Gasteiger partial charge in [0.05, 0.1) is 23.7 Å². The SMILES string of the molecule is Cc1cc2c(=O)n(CC(C)C#N)cnc2s1. The minimum Gasteiger partial charge on any atom is -0.297 e. The van der Waals surface area contributed by atoms with E-state index in [2.05, 4.69) is 11.1 Å². The zero-order chi connectivity index (χ0) is 11.7. The first-order chi connectivity index (χ1) is 7.61. The summed E-state index contributed by atoms with van der Waals surface area (Å²) in [5.41, 5.74) is -0.0588. The van der Waals surface area contributed by atoms with Crippen LogP contribution in [0.3, 0.4) is 0 Å². The van der Waals surface area contributed by atoms with Crippen LogP contribution < -0.4 is 5.56 Å². The molecule has 1 atom stereocenters. The first-order valence-corrected chi connectivity index (χ1v) is 5.78. The summed E-state index contributed by atoms with van der Waals surface area (Å²) in [6.45, 7) is 4.14. The van der Waals surface area contributed by atoms with Crippen molar-refractivity contribution in [3.05, 3.63) is 27.6 Å². The van der Waals surface area contributed by atoms with E-state index in [-0.39, 0.29) is 11.5 Å². The molecule has 2 rings (SSSR count). The van der Waals surface area contributed by atoms with E-state index in [0.717, 1.165) is 9.71 Å². The van der Waals surface area contributed by atoms with E-state index >= 15 is 0 Å². The number of aryl methyl sites for hydroxylation is 1. The topological polar surface area (TPSA) is 58.7 Å². The normalized spacial score (nSPS) is 12.6. The van der Waals surface area contributed by atoms with Crippen molar-refractivity contribution in [2.45, 2.75) is 20.4 Å². The third kappa shape index (κ3) is 1.84. The van der Waals surface area contributed by atoms with Gasteiger partial charge in [-0.05, 0) is 19.9 Å². The molecule has 0 bridgehead atoms. The third-order valence-corrected chi connectivity index (χ3v) is 3.29. The molecule has 5 heteroatoms. The smallest absolute Gasteiger partial charge is 0.262 e. The zero-order valence-electron chi connectivity index (χ0n) is 9.10. The maximum Gasteiger partial charge on any atom is 0.262 e. The maximum atomic E-state index is 12.0. The van der Waals surface area contributed by atoms with Crippen LogP contribution in [0.5, 0.6) is 0 Å². The standard InChI is InChI=1S/C11H11N3OS/c1-7(4-12)5-14-6-13-10-9(11(14)15)3-8(2)16-10/h3,6-7H,5H2,1-2H3. The van der Waals surface area contributed by atoms with E-state index in [1.54, 1.807) is 6.92 Å². The summed E-state index contributed by atoms with van der Waals surface area (Å²) in [4.78, 5) is 18.1. The molecule has 2 aromatic heterocycles. The fourth-order valence-corrected chi connectivity index (χ4v) is 2.38. The van der Waals surface area contributed by atoms with Gasteiger partial charge < -0.3 is 0 Å². The second-order valence-electron chi connectivity index (χ2n) is 3.81. The van der Waals surface area contributed by atoms with Crippen molar-refractivity contribution in [2.24, 2.45) is 5.92 Å². The van der Waals surface area contributed by atoms with Crippen molar-refractivity contribution in [1.82, 2.24) is 9.55 Å². The van der Waals surface area contributed by atoms with E-state index in [4.69, 9.17) is 5.26 Å². The highest BCUT2D eigenvalue weighted by Gasteiger charge is 2.09. The van der Waals surface area contributed by atoms with Gasteiger partial charge in [0.25, 0.3) is 5.56 Å². The fraction of sp³-hybridized carbons (Fsp3) is 0.364. The lowest BCUT2D eigenvalue weighted by Crippen LogP contribution is -2.22. The summed E-state index contributed by atoms with van der Waals surface area (Å²) < 4.78 is 1.50. The summed E-state index contributed by atoms with van der Waals surface area (Å²) in [7, 11) is 0. The number of fused-ring (bicyclic) bond motifs is 1. The van der Waals surface area contributed by atoms with E-state index in [1.807, 2.05) is 13.0 Å². The Morgan fingerprint density at radius 3 is 3.12 bits per heavy atom. The molecule has 0 radical (unpaired) electrons. The molecule has 16 heavy (non-hydrogen) atoms. The molecule has 0 aromatic carbocycles. The summed E-state index contributed by atoms with van der Waals surface area (Å²) >= 11 is 1.51. The van der Waals surface area contributed by atoms with E-state index in [1.165, 1.54) is 22.2 Å². The molecular weight excluding hydrogens is 222 g/mol. The highest BCUT2D eigenvalue weighted by atomic mass is 32.1. The summed E-state index contributed by atoms with van der Waals surface area (Å²) in [6.07, 6.45) is 1.52. The zero-order valence-corrected chi connectivity index (χ0v) is 9.91. The molecule has 0 amide bonds. The van der Waals surface area contributed by atoms with Crippen molar-refractivity contribution in [3.8, 4) is 6.07 Å². The predicted molar refractivity (Wildman–Crippen MR) is 63.4 cm³/mol. The molecule has 0 aliphatic carbocycles. The Hall–Kier alpha value is -1.67. The van der Waals surface area contributed by atoms with Gasteiger partial charge in [-0.2, -0.15) is 5.26 Å². The quantitative estimate of drug-likeness (QED) is 0.796. The number of rotatable bonds is 2. The van der Waals surface area contributed by atoms with Crippen molar-refractivity contribution < 1.29 is 0 Å². The largest absolute Gasteiger partial charge is 0.297 e. The number of thiophene rings is 1. The van der Waals surface area contributed by atoms with Gasteiger partial charge in [0.1, 0.15) is 4.83 Å². The summed E-state index contributed by atoms with van der Waals surface area (Å²) in [5.74, 6) is -0.184. The van der Waals surface area contributed by atoms with Crippen LogP contribution in [0.4, 0.5) is 0 Å². The molecular formula is C11H11N3OS. The molecule has 1 unspecified atom stereocenters. The van der Waals surface area contributed by atoms with Crippen molar-refractivity contribution in [2.75, 3.05) is 0 Å². The molecule has 2 heterocycles. The number of aromatic nitrogens is 2. The fourth-order valence-electron chi connectivity index (χ4n) is 1.55. The Kier molecular flexibility index (Phi) is 2.75. The van der Waals surface area contributed by atoms with Crippen LogP contribution in [0.1, 0.15) is 11.8 Å². The van der Waals surface area contributed by atoms with Crippen molar-refractivity contribution in [1.29, 1.82) is 5.26 Å². The highest BCUT2D eigenvalue weighted by Crippen LogP contribution is 2.19. The Bertz CT molecular complexity index is 620. The Labute approximate surface area is 96.8 Å². The second kappa shape index (κ2) is 4.06. The van der Waals surface area contributed by atoms with Gasteiger partial charge in [-0.1, -0.05) is 0 Å². The maximum absolute atomic E-state index is 12.0. The molecule has 0 aliphatic heterocycles. The van der Waals surface area contributed by atoms with Gasteiger partial charge in [0.2, 0.25) is 0 Å². The lowest BCUT2D eigenvalue weighted by Gasteiger charge is -2.05. The van der Waals surface area contributed by atoms with Crippen LogP contribution >= 0.6 is 11.3 Å². The average molecular weight is 233 g/mol. The summed E-state index contributed by atoms with van der Waals surface area (Å²) in [6, 6.07) is 3.96. The molecule has 0 N–H and O–H groups in total. The highest BCUT2D eigenvalue weighted by molar-refractivity contribution is 7.18. The number of nitriles is 1. The van der Waals surface area contributed by atoms with Gasteiger partial charge in [0, 0.05) is 11.4 Å². The van der Waals surface area contributed by atoms with Gasteiger partial charge >= 0.3 is 0 Å². The van der Waals surface area contributed by atoms with E-state index in [9.17, 15) is 4.79 Å². The number of hydrogen-bond acceptors (Lipinski definition) is 4.